The smallest absolute Gasteiger partial charge is 0.230 e. The van der Waals surface area contributed by atoms with Gasteiger partial charge in [0.2, 0.25) is 5.88 Å². The minimum atomic E-state index is 0.266. The van der Waals surface area contributed by atoms with E-state index >= 15 is 0 Å². The van der Waals surface area contributed by atoms with Crippen LogP contribution in [-0.4, -0.2) is 10.1 Å². The van der Waals surface area contributed by atoms with Crippen molar-refractivity contribution < 1.29 is 4.52 Å². The quantitative estimate of drug-likeness (QED) is 0.771. The topological polar surface area (TPSA) is 64.9 Å². The predicted octanol–water partition coefficient (Wildman–Crippen LogP) is 3.01. The summed E-state index contributed by atoms with van der Waals surface area (Å²) in [5.41, 5.74) is 11.4. The lowest BCUT2D eigenvalue weighted by Gasteiger charge is -2.28. The van der Waals surface area contributed by atoms with E-state index in [1.165, 1.54) is 11.1 Å². The van der Waals surface area contributed by atoms with Crippen LogP contribution in [-0.2, 0) is 6.42 Å². The Bertz CT molecular complexity index is 764. The van der Waals surface area contributed by atoms with Gasteiger partial charge in [-0.25, -0.2) is 0 Å². The van der Waals surface area contributed by atoms with Crippen LogP contribution in [0.2, 0.25) is 0 Å². The number of anilines is 1. The van der Waals surface area contributed by atoms with Gasteiger partial charge in [0.1, 0.15) is 5.69 Å². The molecule has 0 radical (unpaired) electrons. The van der Waals surface area contributed by atoms with Crippen LogP contribution >= 0.6 is 0 Å². The number of pyridine rings is 1. The Morgan fingerprint density at radius 2 is 2.05 bits per heavy atom. The van der Waals surface area contributed by atoms with Gasteiger partial charge in [-0.15, -0.1) is 0 Å². The molecule has 1 atom stereocenters. The number of nitrogen functional groups attached to an aromatic ring is 1. The van der Waals surface area contributed by atoms with Crippen molar-refractivity contribution in [1.29, 1.82) is 0 Å². The van der Waals surface area contributed by atoms with E-state index in [2.05, 4.69) is 34.4 Å². The third-order valence-corrected chi connectivity index (χ3v) is 3.88. The van der Waals surface area contributed by atoms with E-state index in [-0.39, 0.29) is 5.92 Å². The van der Waals surface area contributed by atoms with Crippen LogP contribution in [0.5, 0.6) is 0 Å². The zero-order valence-electron chi connectivity index (χ0n) is 10.8. The van der Waals surface area contributed by atoms with Gasteiger partial charge in [-0.2, -0.15) is 0 Å². The van der Waals surface area contributed by atoms with Crippen molar-refractivity contribution in [2.75, 3.05) is 5.73 Å². The Hall–Kier alpha value is -2.62. The van der Waals surface area contributed by atoms with Gasteiger partial charge >= 0.3 is 0 Å². The summed E-state index contributed by atoms with van der Waals surface area (Å²) >= 11 is 0. The van der Waals surface area contributed by atoms with Crippen molar-refractivity contribution in [1.82, 2.24) is 10.1 Å². The molecule has 0 saturated heterocycles. The van der Waals surface area contributed by atoms with Gasteiger partial charge in [0, 0.05) is 23.9 Å². The van der Waals surface area contributed by atoms with E-state index in [1.807, 2.05) is 12.1 Å². The zero-order chi connectivity index (χ0) is 13.5. The first-order chi connectivity index (χ1) is 9.84. The lowest BCUT2D eigenvalue weighted by Crippen LogP contribution is -2.18. The fourth-order valence-corrected chi connectivity index (χ4v) is 2.86. The number of benzene rings is 1. The molecule has 20 heavy (non-hydrogen) atoms. The molecular weight excluding hydrogens is 250 g/mol. The van der Waals surface area contributed by atoms with Crippen LogP contribution < -0.4 is 5.73 Å². The van der Waals surface area contributed by atoms with Crippen molar-refractivity contribution in [2.45, 2.75) is 12.3 Å². The number of nitrogens with two attached hydrogens (primary N) is 1. The Balaban J connectivity index is 1.82. The summed E-state index contributed by atoms with van der Waals surface area (Å²) in [6, 6.07) is 12.3. The molecule has 1 aliphatic rings. The molecule has 0 fully saturated rings. The summed E-state index contributed by atoms with van der Waals surface area (Å²) in [6.07, 6.45) is 4.51. The standard InChI is InChI=1S/C16H13N3O/c17-16-14(11-5-3-7-18-9-11)15(19-20-16)13-8-10-4-1-2-6-12(10)13/h1-7,9,13H,8,17H2. The molecule has 0 aliphatic heterocycles. The van der Waals surface area contributed by atoms with Crippen LogP contribution in [0.15, 0.2) is 53.3 Å². The maximum Gasteiger partial charge on any atom is 0.230 e. The molecule has 2 N–H and O–H groups in total. The lowest BCUT2D eigenvalue weighted by atomic mass is 9.74. The van der Waals surface area contributed by atoms with E-state index in [4.69, 9.17) is 10.3 Å². The molecule has 1 aromatic carbocycles. The van der Waals surface area contributed by atoms with Crippen LogP contribution in [0.1, 0.15) is 22.7 Å². The molecule has 2 aromatic heterocycles. The average Bonchev–Trinajstić information content (AvgIpc) is 2.83. The molecule has 4 heteroatoms. The average molecular weight is 263 g/mol. The first-order valence-electron chi connectivity index (χ1n) is 6.58. The first kappa shape index (κ1) is 11.2. The lowest BCUT2D eigenvalue weighted by molar-refractivity contribution is 0.420. The maximum absolute atomic E-state index is 5.95. The van der Waals surface area contributed by atoms with Gasteiger partial charge in [-0.05, 0) is 23.6 Å². The molecule has 0 saturated carbocycles. The summed E-state index contributed by atoms with van der Waals surface area (Å²) in [6.45, 7) is 0. The molecule has 98 valence electrons. The highest BCUT2D eigenvalue weighted by Crippen LogP contribution is 2.44. The van der Waals surface area contributed by atoms with Crippen molar-refractivity contribution in [2.24, 2.45) is 0 Å². The largest absolute Gasteiger partial charge is 0.367 e. The third-order valence-electron chi connectivity index (χ3n) is 3.88. The number of nitrogens with zero attached hydrogens (tertiary/aromatic N) is 2. The van der Waals surface area contributed by atoms with Gasteiger partial charge in [0.25, 0.3) is 0 Å². The minimum Gasteiger partial charge on any atom is -0.367 e. The van der Waals surface area contributed by atoms with Gasteiger partial charge in [-0.3, -0.25) is 4.98 Å². The number of hydrogen-bond acceptors (Lipinski definition) is 4. The molecule has 4 rings (SSSR count). The predicted molar refractivity (Wildman–Crippen MR) is 76.1 cm³/mol. The van der Waals surface area contributed by atoms with Gasteiger partial charge < -0.3 is 10.3 Å². The Morgan fingerprint density at radius 3 is 2.85 bits per heavy atom. The molecule has 1 aliphatic carbocycles. The fraction of sp³-hybridized carbons (Fsp3) is 0.125. The highest BCUT2D eigenvalue weighted by molar-refractivity contribution is 5.76. The second-order valence-electron chi connectivity index (χ2n) is 5.00. The number of fused-ring (bicyclic) bond motifs is 1. The highest BCUT2D eigenvalue weighted by atomic mass is 16.5. The van der Waals surface area contributed by atoms with E-state index in [1.54, 1.807) is 12.4 Å². The van der Waals surface area contributed by atoms with Crippen molar-refractivity contribution in [3.8, 4) is 11.1 Å². The van der Waals surface area contributed by atoms with E-state index in [9.17, 15) is 0 Å². The highest BCUT2D eigenvalue weighted by Gasteiger charge is 2.33. The molecule has 2 heterocycles. The van der Waals surface area contributed by atoms with Crippen LogP contribution in [0, 0.1) is 0 Å². The SMILES string of the molecule is Nc1onc(C2Cc3ccccc32)c1-c1cccnc1. The van der Waals surface area contributed by atoms with Gasteiger partial charge in [0.15, 0.2) is 0 Å². The zero-order valence-corrected chi connectivity index (χ0v) is 10.8. The summed E-state index contributed by atoms with van der Waals surface area (Å²) < 4.78 is 5.22. The Morgan fingerprint density at radius 1 is 1.15 bits per heavy atom. The normalized spacial score (nSPS) is 16.5. The molecule has 0 bridgehead atoms. The molecule has 0 spiro atoms. The van der Waals surface area contributed by atoms with Crippen LogP contribution in [0.3, 0.4) is 0 Å². The number of rotatable bonds is 2. The summed E-state index contributed by atoms with van der Waals surface area (Å²) in [5.74, 6) is 0.625. The molecule has 1 unspecified atom stereocenters. The van der Waals surface area contributed by atoms with Crippen molar-refractivity contribution in [3.05, 3.63) is 65.6 Å². The minimum absolute atomic E-state index is 0.266. The Kier molecular flexibility index (Phi) is 2.36. The Labute approximate surface area is 116 Å². The second kappa shape index (κ2) is 4.20. The van der Waals surface area contributed by atoms with Crippen molar-refractivity contribution >= 4 is 5.88 Å². The van der Waals surface area contributed by atoms with E-state index < -0.39 is 0 Å². The summed E-state index contributed by atoms with van der Waals surface area (Å²) in [5, 5.41) is 4.19. The third kappa shape index (κ3) is 1.54. The summed E-state index contributed by atoms with van der Waals surface area (Å²) in [7, 11) is 0. The van der Waals surface area contributed by atoms with Crippen LogP contribution in [0.4, 0.5) is 5.88 Å². The van der Waals surface area contributed by atoms with E-state index in [0.29, 0.717) is 5.88 Å². The van der Waals surface area contributed by atoms with Crippen LogP contribution in [0.25, 0.3) is 11.1 Å². The molecular formula is C16H13N3O. The molecule has 0 amide bonds. The van der Waals surface area contributed by atoms with Crippen molar-refractivity contribution in [3.63, 3.8) is 0 Å². The molecule has 3 aromatic rings. The monoisotopic (exact) mass is 263 g/mol. The molecule has 4 nitrogen and oxygen atoms in total. The summed E-state index contributed by atoms with van der Waals surface area (Å²) in [4.78, 5) is 4.15. The fourth-order valence-electron chi connectivity index (χ4n) is 2.86. The number of aromatic nitrogens is 2. The maximum atomic E-state index is 5.95. The number of hydrogen-bond donors (Lipinski definition) is 1. The second-order valence-corrected chi connectivity index (χ2v) is 5.00. The van der Waals surface area contributed by atoms with E-state index in [0.717, 1.165) is 23.2 Å². The van der Waals surface area contributed by atoms with Gasteiger partial charge in [0.05, 0.1) is 5.56 Å². The first-order valence-corrected chi connectivity index (χ1v) is 6.58. The van der Waals surface area contributed by atoms with Gasteiger partial charge in [-0.1, -0.05) is 35.5 Å².